The minimum atomic E-state index is -0.230. The van der Waals surface area contributed by atoms with Crippen molar-refractivity contribution in [2.75, 3.05) is 18.5 Å². The highest BCUT2D eigenvalue weighted by Gasteiger charge is 2.17. The molecular weight excluding hydrogens is 320 g/mol. The molecule has 4 rings (SSSR count). The van der Waals surface area contributed by atoms with E-state index in [4.69, 9.17) is 9.47 Å². The van der Waals surface area contributed by atoms with Gasteiger partial charge in [-0.1, -0.05) is 12.1 Å². The molecule has 7 nitrogen and oxygen atoms in total. The van der Waals surface area contributed by atoms with Crippen LogP contribution in [0.1, 0.15) is 10.4 Å². The molecule has 0 fully saturated rings. The van der Waals surface area contributed by atoms with E-state index in [0.717, 1.165) is 5.56 Å². The van der Waals surface area contributed by atoms with Crippen molar-refractivity contribution in [2.24, 2.45) is 7.05 Å². The van der Waals surface area contributed by atoms with Crippen molar-refractivity contribution in [3.63, 3.8) is 0 Å². The van der Waals surface area contributed by atoms with Gasteiger partial charge in [-0.2, -0.15) is 0 Å². The second kappa shape index (κ2) is 6.27. The predicted octanol–water partition coefficient (Wildman–Crippen LogP) is 2.51. The lowest BCUT2D eigenvalue weighted by molar-refractivity contribution is 0.102. The second-order valence-corrected chi connectivity index (χ2v) is 5.62. The Morgan fingerprint density at radius 3 is 2.72 bits per heavy atom. The standard InChI is InChI=1S/C18H16N4O3/c1-22-11-19-21-17(22)13-4-2-3-5-14(13)20-18(23)12-6-7-15-16(10-12)25-9-8-24-15/h2-7,10-11H,8-9H2,1H3,(H,20,23). The maximum atomic E-state index is 12.7. The zero-order chi connectivity index (χ0) is 17.2. The lowest BCUT2D eigenvalue weighted by Gasteiger charge is -2.18. The second-order valence-electron chi connectivity index (χ2n) is 5.62. The Labute approximate surface area is 144 Å². The first kappa shape index (κ1) is 15.2. The van der Waals surface area contributed by atoms with Gasteiger partial charge in [0.05, 0.1) is 5.69 Å². The summed E-state index contributed by atoms with van der Waals surface area (Å²) in [5.74, 6) is 1.69. The van der Waals surface area contributed by atoms with Crippen molar-refractivity contribution in [3.05, 3.63) is 54.4 Å². The number of nitrogens with zero attached hydrogens (tertiary/aromatic N) is 3. The van der Waals surface area contributed by atoms with Gasteiger partial charge in [-0.25, -0.2) is 0 Å². The molecule has 0 saturated carbocycles. The average molecular weight is 336 g/mol. The number of amides is 1. The molecule has 1 amide bonds. The number of ether oxygens (including phenoxy) is 2. The average Bonchev–Trinajstić information content (AvgIpc) is 3.07. The van der Waals surface area contributed by atoms with E-state index < -0.39 is 0 Å². The first-order valence-corrected chi connectivity index (χ1v) is 7.87. The van der Waals surface area contributed by atoms with Crippen molar-refractivity contribution in [1.29, 1.82) is 0 Å². The summed E-state index contributed by atoms with van der Waals surface area (Å²) in [4.78, 5) is 12.7. The Kier molecular flexibility index (Phi) is 3.81. The molecule has 2 heterocycles. The highest BCUT2D eigenvalue weighted by atomic mass is 16.6. The summed E-state index contributed by atoms with van der Waals surface area (Å²) in [6.45, 7) is 0.997. The van der Waals surface area contributed by atoms with Gasteiger partial charge in [0.15, 0.2) is 17.3 Å². The Hall–Kier alpha value is -3.35. The number of aryl methyl sites for hydroxylation is 1. The van der Waals surface area contributed by atoms with Crippen molar-refractivity contribution < 1.29 is 14.3 Å². The van der Waals surface area contributed by atoms with Gasteiger partial charge < -0.3 is 19.4 Å². The van der Waals surface area contributed by atoms with E-state index in [9.17, 15) is 4.79 Å². The van der Waals surface area contributed by atoms with Crippen LogP contribution in [-0.2, 0) is 7.05 Å². The number of rotatable bonds is 3. The molecule has 126 valence electrons. The quantitative estimate of drug-likeness (QED) is 0.795. The Morgan fingerprint density at radius 1 is 1.12 bits per heavy atom. The monoisotopic (exact) mass is 336 g/mol. The van der Waals surface area contributed by atoms with Crippen LogP contribution in [0.25, 0.3) is 11.4 Å². The maximum Gasteiger partial charge on any atom is 0.255 e. The van der Waals surface area contributed by atoms with Crippen molar-refractivity contribution in [3.8, 4) is 22.9 Å². The number of hydrogen-bond acceptors (Lipinski definition) is 5. The summed E-state index contributed by atoms with van der Waals surface area (Å²) in [6.07, 6.45) is 1.62. The van der Waals surface area contributed by atoms with Gasteiger partial charge in [0.2, 0.25) is 0 Å². The van der Waals surface area contributed by atoms with Crippen LogP contribution in [0.4, 0.5) is 5.69 Å². The Bertz CT molecular complexity index is 936. The number of anilines is 1. The lowest BCUT2D eigenvalue weighted by atomic mass is 10.1. The molecule has 0 aliphatic carbocycles. The normalized spacial score (nSPS) is 12.7. The fourth-order valence-electron chi connectivity index (χ4n) is 2.69. The topological polar surface area (TPSA) is 78.3 Å². The molecule has 1 N–H and O–H groups in total. The summed E-state index contributed by atoms with van der Waals surface area (Å²) in [6, 6.07) is 12.6. The minimum absolute atomic E-state index is 0.230. The van der Waals surface area contributed by atoms with E-state index in [1.807, 2.05) is 31.3 Å². The summed E-state index contributed by atoms with van der Waals surface area (Å²) >= 11 is 0. The van der Waals surface area contributed by atoms with Crippen LogP contribution in [0.2, 0.25) is 0 Å². The molecule has 2 aromatic carbocycles. The van der Waals surface area contributed by atoms with Gasteiger partial charge in [0.25, 0.3) is 5.91 Å². The van der Waals surface area contributed by atoms with Crippen molar-refractivity contribution in [2.45, 2.75) is 0 Å². The zero-order valence-electron chi connectivity index (χ0n) is 13.6. The molecule has 1 aromatic heterocycles. The van der Waals surface area contributed by atoms with Gasteiger partial charge >= 0.3 is 0 Å². The third-order valence-corrected chi connectivity index (χ3v) is 3.93. The van der Waals surface area contributed by atoms with Crippen LogP contribution < -0.4 is 14.8 Å². The van der Waals surface area contributed by atoms with Gasteiger partial charge in [-0.15, -0.1) is 10.2 Å². The summed E-state index contributed by atoms with van der Waals surface area (Å²) in [7, 11) is 1.86. The molecule has 0 spiro atoms. The van der Waals surface area contributed by atoms with Crippen LogP contribution in [0, 0.1) is 0 Å². The molecule has 0 bridgehead atoms. The van der Waals surface area contributed by atoms with Crippen LogP contribution in [0.15, 0.2) is 48.8 Å². The van der Waals surface area contributed by atoms with Crippen LogP contribution in [0.3, 0.4) is 0 Å². The molecule has 0 radical (unpaired) electrons. The van der Waals surface area contributed by atoms with E-state index in [1.54, 1.807) is 29.1 Å². The first-order valence-electron chi connectivity index (χ1n) is 7.87. The number of carbonyl (C=O) groups is 1. The zero-order valence-corrected chi connectivity index (χ0v) is 13.6. The highest BCUT2D eigenvalue weighted by molar-refractivity contribution is 6.06. The fraction of sp³-hybridized carbons (Fsp3) is 0.167. The van der Waals surface area contributed by atoms with E-state index >= 15 is 0 Å². The van der Waals surface area contributed by atoms with Crippen LogP contribution in [0.5, 0.6) is 11.5 Å². The highest BCUT2D eigenvalue weighted by Crippen LogP contribution is 2.31. The third kappa shape index (κ3) is 2.91. The number of fused-ring (bicyclic) bond motifs is 1. The van der Waals surface area contributed by atoms with Crippen LogP contribution >= 0.6 is 0 Å². The van der Waals surface area contributed by atoms with E-state index in [2.05, 4.69) is 15.5 Å². The number of carbonyl (C=O) groups excluding carboxylic acids is 1. The molecule has 0 unspecified atom stereocenters. The Morgan fingerprint density at radius 2 is 1.92 bits per heavy atom. The van der Waals surface area contributed by atoms with E-state index in [0.29, 0.717) is 41.8 Å². The molecule has 3 aromatic rings. The SMILES string of the molecule is Cn1cnnc1-c1ccccc1NC(=O)c1ccc2c(c1)OCCO2. The van der Waals surface area contributed by atoms with Crippen molar-refractivity contribution in [1.82, 2.24) is 14.8 Å². The fourth-order valence-corrected chi connectivity index (χ4v) is 2.69. The summed E-state index contributed by atoms with van der Waals surface area (Å²) < 4.78 is 12.8. The van der Waals surface area contributed by atoms with Crippen molar-refractivity contribution >= 4 is 11.6 Å². The minimum Gasteiger partial charge on any atom is -0.486 e. The molecular formula is C18H16N4O3. The summed E-state index contributed by atoms with van der Waals surface area (Å²) in [5.41, 5.74) is 1.96. The van der Waals surface area contributed by atoms with Gasteiger partial charge in [-0.3, -0.25) is 4.79 Å². The van der Waals surface area contributed by atoms with Gasteiger partial charge in [0, 0.05) is 18.2 Å². The maximum absolute atomic E-state index is 12.7. The molecule has 0 saturated heterocycles. The number of hydrogen-bond donors (Lipinski definition) is 1. The molecule has 1 aliphatic heterocycles. The van der Waals surface area contributed by atoms with Crippen LogP contribution in [-0.4, -0.2) is 33.9 Å². The molecule has 7 heteroatoms. The molecule has 25 heavy (non-hydrogen) atoms. The number of para-hydroxylation sites is 1. The molecule has 1 aliphatic rings. The largest absolute Gasteiger partial charge is 0.486 e. The Balaban J connectivity index is 1.63. The summed E-state index contributed by atoms with van der Waals surface area (Å²) in [5, 5.41) is 10.9. The van der Waals surface area contributed by atoms with E-state index in [-0.39, 0.29) is 5.91 Å². The number of nitrogens with one attached hydrogen (secondary N) is 1. The smallest absolute Gasteiger partial charge is 0.255 e. The first-order chi connectivity index (χ1) is 12.2. The van der Waals surface area contributed by atoms with Gasteiger partial charge in [-0.05, 0) is 30.3 Å². The molecule has 0 atom stereocenters. The predicted molar refractivity (Wildman–Crippen MR) is 91.8 cm³/mol. The van der Waals surface area contributed by atoms with E-state index in [1.165, 1.54) is 0 Å². The third-order valence-electron chi connectivity index (χ3n) is 3.93. The lowest BCUT2D eigenvalue weighted by Crippen LogP contribution is -2.17. The van der Waals surface area contributed by atoms with Gasteiger partial charge in [0.1, 0.15) is 19.5 Å². The number of aromatic nitrogens is 3. The number of benzene rings is 2.